The van der Waals surface area contributed by atoms with Crippen LogP contribution in [0.5, 0.6) is 5.75 Å². The van der Waals surface area contributed by atoms with Gasteiger partial charge in [-0.15, -0.1) is 0 Å². The highest BCUT2D eigenvalue weighted by Gasteiger charge is 2.23. The minimum atomic E-state index is -0.120. The number of hydrogen-bond acceptors (Lipinski definition) is 4. The fourth-order valence-corrected chi connectivity index (χ4v) is 2.40. The predicted molar refractivity (Wildman–Crippen MR) is 80.0 cm³/mol. The number of fused-ring (bicyclic) bond motifs is 3. The number of nitrogens with one attached hydrogen (secondary N) is 2. The van der Waals surface area contributed by atoms with E-state index < -0.39 is 0 Å². The van der Waals surface area contributed by atoms with Gasteiger partial charge in [-0.1, -0.05) is 6.07 Å². The Morgan fingerprint density at radius 1 is 1.48 bits per heavy atom. The molecule has 21 heavy (non-hydrogen) atoms. The van der Waals surface area contributed by atoms with Gasteiger partial charge in [0, 0.05) is 18.7 Å². The fourth-order valence-electron chi connectivity index (χ4n) is 2.40. The van der Waals surface area contributed by atoms with E-state index in [1.807, 2.05) is 32.0 Å². The zero-order valence-corrected chi connectivity index (χ0v) is 12.3. The number of amides is 1. The van der Waals surface area contributed by atoms with Crippen LogP contribution in [0.4, 0.5) is 5.82 Å². The third-order valence-corrected chi connectivity index (χ3v) is 3.40. The molecule has 6 nitrogen and oxygen atoms in total. The molecule has 6 heteroatoms. The zero-order chi connectivity index (χ0) is 15.0. The van der Waals surface area contributed by atoms with E-state index in [0.29, 0.717) is 17.9 Å². The Labute approximate surface area is 123 Å². The van der Waals surface area contributed by atoms with Crippen LogP contribution >= 0.6 is 0 Å². The molecule has 0 saturated heterocycles. The maximum Gasteiger partial charge on any atom is 0.256 e. The molecular formula is C15H18N4O2. The molecule has 1 aromatic heterocycles. The van der Waals surface area contributed by atoms with Gasteiger partial charge in [-0.25, -0.2) is 4.68 Å². The minimum Gasteiger partial charge on any atom is -0.497 e. The van der Waals surface area contributed by atoms with Crippen molar-refractivity contribution < 1.29 is 9.53 Å². The Hall–Kier alpha value is -2.50. The number of benzene rings is 1. The molecule has 0 atom stereocenters. The predicted octanol–water partition coefficient (Wildman–Crippen LogP) is 1.94. The quantitative estimate of drug-likeness (QED) is 0.905. The summed E-state index contributed by atoms with van der Waals surface area (Å²) in [5.41, 5.74) is 2.60. The third kappa shape index (κ3) is 2.33. The van der Waals surface area contributed by atoms with Crippen LogP contribution in [-0.2, 0) is 6.54 Å². The van der Waals surface area contributed by atoms with Crippen molar-refractivity contribution in [3.8, 4) is 11.4 Å². The first-order valence-electron chi connectivity index (χ1n) is 6.90. The number of methoxy groups -OCH3 is 1. The molecule has 2 N–H and O–H groups in total. The lowest BCUT2D eigenvalue weighted by molar-refractivity contribution is 0.0944. The maximum atomic E-state index is 12.2. The van der Waals surface area contributed by atoms with Gasteiger partial charge < -0.3 is 15.4 Å². The summed E-state index contributed by atoms with van der Waals surface area (Å²) in [4.78, 5) is 12.2. The molecule has 0 saturated carbocycles. The molecule has 0 fully saturated rings. The van der Waals surface area contributed by atoms with Crippen LogP contribution in [0.1, 0.15) is 29.8 Å². The van der Waals surface area contributed by atoms with Crippen LogP contribution in [0, 0.1) is 0 Å². The van der Waals surface area contributed by atoms with Crippen molar-refractivity contribution in [2.75, 3.05) is 12.4 Å². The molecule has 1 aliphatic heterocycles. The average molecular weight is 286 g/mol. The lowest BCUT2D eigenvalue weighted by Gasteiger charge is -2.21. The van der Waals surface area contributed by atoms with Gasteiger partial charge in [-0.3, -0.25) is 4.79 Å². The number of nitrogens with zero attached hydrogens (tertiary/aromatic N) is 2. The molecule has 1 aliphatic rings. The Kier molecular flexibility index (Phi) is 3.29. The van der Waals surface area contributed by atoms with Gasteiger partial charge in [-0.2, -0.15) is 5.10 Å². The van der Waals surface area contributed by atoms with E-state index >= 15 is 0 Å². The van der Waals surface area contributed by atoms with Crippen LogP contribution in [0.2, 0.25) is 0 Å². The summed E-state index contributed by atoms with van der Waals surface area (Å²) >= 11 is 0. The van der Waals surface area contributed by atoms with E-state index in [2.05, 4.69) is 15.7 Å². The molecule has 1 amide bonds. The smallest absolute Gasteiger partial charge is 0.256 e. The summed E-state index contributed by atoms with van der Waals surface area (Å²) in [6.07, 6.45) is 1.59. The van der Waals surface area contributed by atoms with E-state index in [1.54, 1.807) is 18.0 Å². The first-order chi connectivity index (χ1) is 10.1. The fraction of sp³-hybridized carbons (Fsp3) is 0.333. The SMILES string of the molecule is COc1ccc2c(c1)-n1ncc(C(=O)NC(C)C)c1NC2. The van der Waals surface area contributed by atoms with Crippen molar-refractivity contribution in [2.45, 2.75) is 26.4 Å². The van der Waals surface area contributed by atoms with Crippen molar-refractivity contribution in [2.24, 2.45) is 0 Å². The molecule has 1 aromatic carbocycles. The van der Waals surface area contributed by atoms with E-state index in [1.165, 1.54) is 0 Å². The molecule has 110 valence electrons. The molecule has 0 aliphatic carbocycles. The maximum absolute atomic E-state index is 12.2. The van der Waals surface area contributed by atoms with Crippen LogP contribution in [-0.4, -0.2) is 28.8 Å². The van der Waals surface area contributed by atoms with E-state index in [0.717, 1.165) is 17.0 Å². The third-order valence-electron chi connectivity index (χ3n) is 3.40. The van der Waals surface area contributed by atoms with Crippen molar-refractivity contribution in [1.29, 1.82) is 0 Å². The van der Waals surface area contributed by atoms with Gasteiger partial charge in [0.05, 0.1) is 19.0 Å². The molecule has 0 unspecified atom stereocenters. The lowest BCUT2D eigenvalue weighted by atomic mass is 10.1. The number of carbonyl (C=O) groups is 1. The summed E-state index contributed by atoms with van der Waals surface area (Å²) in [5.74, 6) is 1.37. The Balaban J connectivity index is 2.03. The molecule has 0 bridgehead atoms. The molecule has 2 heterocycles. The minimum absolute atomic E-state index is 0.0871. The number of carbonyl (C=O) groups excluding carboxylic acids is 1. The van der Waals surface area contributed by atoms with Crippen molar-refractivity contribution in [3.63, 3.8) is 0 Å². The Morgan fingerprint density at radius 2 is 2.29 bits per heavy atom. The zero-order valence-electron chi connectivity index (χ0n) is 12.3. The number of anilines is 1. The van der Waals surface area contributed by atoms with Gasteiger partial charge in [0.2, 0.25) is 0 Å². The van der Waals surface area contributed by atoms with Gasteiger partial charge in [0.25, 0.3) is 5.91 Å². The molecule has 0 spiro atoms. The van der Waals surface area contributed by atoms with Gasteiger partial charge in [-0.05, 0) is 25.5 Å². The second kappa shape index (κ2) is 5.12. The number of hydrogen-bond donors (Lipinski definition) is 2. The Morgan fingerprint density at radius 3 is 3.00 bits per heavy atom. The first kappa shape index (κ1) is 13.5. The topological polar surface area (TPSA) is 68.2 Å². The summed E-state index contributed by atoms with van der Waals surface area (Å²) in [7, 11) is 1.63. The highest BCUT2D eigenvalue weighted by atomic mass is 16.5. The second-order valence-corrected chi connectivity index (χ2v) is 5.30. The highest BCUT2D eigenvalue weighted by molar-refractivity contribution is 5.99. The summed E-state index contributed by atoms with van der Waals surface area (Å²) in [5, 5.41) is 10.5. The summed E-state index contributed by atoms with van der Waals surface area (Å²) in [6.45, 7) is 4.52. The van der Waals surface area contributed by atoms with Crippen LogP contribution in [0.3, 0.4) is 0 Å². The molecular weight excluding hydrogens is 268 g/mol. The van der Waals surface area contributed by atoms with Crippen LogP contribution in [0.15, 0.2) is 24.4 Å². The van der Waals surface area contributed by atoms with Gasteiger partial charge in [0.15, 0.2) is 0 Å². The molecule has 2 aromatic rings. The van der Waals surface area contributed by atoms with Gasteiger partial charge >= 0.3 is 0 Å². The average Bonchev–Trinajstić information content (AvgIpc) is 2.90. The van der Waals surface area contributed by atoms with Crippen molar-refractivity contribution in [1.82, 2.24) is 15.1 Å². The monoisotopic (exact) mass is 286 g/mol. The summed E-state index contributed by atoms with van der Waals surface area (Å²) < 4.78 is 7.01. The molecule has 0 radical (unpaired) electrons. The first-order valence-corrected chi connectivity index (χ1v) is 6.90. The summed E-state index contributed by atoms with van der Waals surface area (Å²) in [6, 6.07) is 5.93. The largest absolute Gasteiger partial charge is 0.497 e. The Bertz CT molecular complexity index is 691. The lowest BCUT2D eigenvalue weighted by Crippen LogP contribution is -2.30. The van der Waals surface area contributed by atoms with E-state index in [4.69, 9.17) is 4.74 Å². The van der Waals surface area contributed by atoms with Crippen molar-refractivity contribution >= 4 is 11.7 Å². The number of aromatic nitrogens is 2. The van der Waals surface area contributed by atoms with Crippen molar-refractivity contribution in [3.05, 3.63) is 35.5 Å². The van der Waals surface area contributed by atoms with Gasteiger partial charge in [0.1, 0.15) is 17.1 Å². The standard InChI is InChI=1S/C15H18N4O2/c1-9(2)18-15(20)12-8-17-19-13-6-11(21-3)5-4-10(13)7-16-14(12)19/h4-6,8-9,16H,7H2,1-3H3,(H,18,20). The van der Waals surface area contributed by atoms with Crippen LogP contribution < -0.4 is 15.4 Å². The van der Waals surface area contributed by atoms with E-state index in [-0.39, 0.29) is 11.9 Å². The number of ether oxygens (including phenoxy) is 1. The second-order valence-electron chi connectivity index (χ2n) is 5.30. The number of rotatable bonds is 3. The van der Waals surface area contributed by atoms with E-state index in [9.17, 15) is 4.79 Å². The molecule has 3 rings (SSSR count). The normalized spacial score (nSPS) is 12.4. The van der Waals surface area contributed by atoms with Crippen LogP contribution in [0.25, 0.3) is 5.69 Å². The highest BCUT2D eigenvalue weighted by Crippen LogP contribution is 2.30.